The Balaban J connectivity index is 0.00000385. The predicted octanol–water partition coefficient (Wildman–Crippen LogP) is 3.59. The molecule has 9 heteroatoms. The van der Waals surface area contributed by atoms with E-state index in [0.29, 0.717) is 19.0 Å². The summed E-state index contributed by atoms with van der Waals surface area (Å²) in [5.74, 6) is 1.38. The van der Waals surface area contributed by atoms with Crippen molar-refractivity contribution in [1.82, 2.24) is 15.5 Å². The Labute approximate surface area is 212 Å². The molecule has 2 aromatic rings. The van der Waals surface area contributed by atoms with E-state index in [9.17, 15) is 4.39 Å². The number of hydrogen-bond acceptors (Lipinski definition) is 5. The molecular weight excluding hydrogens is 538 g/mol. The summed E-state index contributed by atoms with van der Waals surface area (Å²) < 4.78 is 29.8. The molecule has 1 fully saturated rings. The number of ether oxygens (including phenoxy) is 3. The number of rotatable bonds is 9. The first-order chi connectivity index (χ1) is 15.6. The second-order valence-corrected chi connectivity index (χ2v) is 7.48. The van der Waals surface area contributed by atoms with Gasteiger partial charge in [0.2, 0.25) is 0 Å². The van der Waals surface area contributed by atoms with Gasteiger partial charge < -0.3 is 24.8 Å². The number of methoxy groups -OCH3 is 2. The van der Waals surface area contributed by atoms with Crippen LogP contribution in [0.25, 0.3) is 0 Å². The number of aliphatic imine (C=N–C) groups is 1. The zero-order valence-corrected chi connectivity index (χ0v) is 21.8. The third-order valence-corrected chi connectivity index (χ3v) is 5.43. The molecule has 1 unspecified atom stereocenters. The molecule has 1 aliphatic heterocycles. The number of morpholine rings is 1. The smallest absolute Gasteiger partial charge is 0.191 e. The lowest BCUT2D eigenvalue weighted by atomic mass is 10.0. The molecule has 0 aliphatic carbocycles. The van der Waals surface area contributed by atoms with E-state index >= 15 is 0 Å². The normalized spacial score (nSPS) is 15.3. The third-order valence-electron chi connectivity index (χ3n) is 5.43. The molecule has 0 saturated carbocycles. The van der Waals surface area contributed by atoms with Crippen LogP contribution < -0.4 is 20.1 Å². The average Bonchev–Trinajstić information content (AvgIpc) is 2.83. The van der Waals surface area contributed by atoms with E-state index in [2.05, 4.69) is 32.7 Å². The van der Waals surface area contributed by atoms with E-state index in [0.717, 1.165) is 44.2 Å². The van der Waals surface area contributed by atoms with E-state index in [4.69, 9.17) is 14.2 Å². The van der Waals surface area contributed by atoms with E-state index in [1.807, 2.05) is 25.1 Å². The second kappa shape index (κ2) is 14.2. The maximum Gasteiger partial charge on any atom is 0.191 e. The van der Waals surface area contributed by atoms with Gasteiger partial charge in [-0.1, -0.05) is 18.2 Å². The fraction of sp³-hybridized carbons (Fsp3) is 0.458. The second-order valence-electron chi connectivity index (χ2n) is 7.48. The summed E-state index contributed by atoms with van der Waals surface area (Å²) in [6.45, 7) is 6.99. The summed E-state index contributed by atoms with van der Waals surface area (Å²) in [4.78, 5) is 7.06. The topological polar surface area (TPSA) is 67.4 Å². The minimum atomic E-state index is -0.384. The number of guanidine groups is 1. The number of nitrogens with one attached hydrogen (secondary N) is 2. The highest BCUT2D eigenvalue weighted by Gasteiger charge is 2.23. The molecule has 182 valence electrons. The maximum atomic E-state index is 14.0. The number of benzene rings is 2. The van der Waals surface area contributed by atoms with Gasteiger partial charge in [-0.25, -0.2) is 9.38 Å². The van der Waals surface area contributed by atoms with Crippen molar-refractivity contribution in [2.45, 2.75) is 19.5 Å². The first-order valence-electron chi connectivity index (χ1n) is 10.9. The summed E-state index contributed by atoms with van der Waals surface area (Å²) in [6.07, 6.45) is 0. The van der Waals surface area contributed by atoms with Crippen LogP contribution in [0.2, 0.25) is 0 Å². The quantitative estimate of drug-likeness (QED) is 0.272. The fourth-order valence-corrected chi connectivity index (χ4v) is 3.69. The molecule has 1 heterocycles. The highest BCUT2D eigenvalue weighted by molar-refractivity contribution is 14.0. The van der Waals surface area contributed by atoms with Crippen molar-refractivity contribution in [3.05, 3.63) is 59.4 Å². The van der Waals surface area contributed by atoms with E-state index in [1.54, 1.807) is 13.2 Å². The van der Waals surface area contributed by atoms with Crippen LogP contribution in [0.5, 0.6) is 11.5 Å². The average molecular weight is 572 g/mol. The molecule has 1 atom stereocenters. The molecule has 0 radical (unpaired) electrons. The van der Waals surface area contributed by atoms with Gasteiger partial charge in [0.1, 0.15) is 5.75 Å². The van der Waals surface area contributed by atoms with Gasteiger partial charge in [0, 0.05) is 26.2 Å². The van der Waals surface area contributed by atoms with Crippen molar-refractivity contribution in [3.63, 3.8) is 0 Å². The Kier molecular flexibility index (Phi) is 11.7. The molecule has 0 amide bonds. The lowest BCUT2D eigenvalue weighted by Crippen LogP contribution is -2.46. The molecule has 7 nitrogen and oxygen atoms in total. The van der Waals surface area contributed by atoms with Gasteiger partial charge in [-0.2, -0.15) is 0 Å². The van der Waals surface area contributed by atoms with Gasteiger partial charge in [-0.05, 0) is 42.3 Å². The molecule has 33 heavy (non-hydrogen) atoms. The van der Waals surface area contributed by atoms with Gasteiger partial charge in [-0.15, -0.1) is 24.0 Å². The summed E-state index contributed by atoms with van der Waals surface area (Å²) in [6, 6.07) is 13.2. The van der Waals surface area contributed by atoms with Gasteiger partial charge >= 0.3 is 0 Å². The predicted molar refractivity (Wildman–Crippen MR) is 139 cm³/mol. The van der Waals surface area contributed by atoms with Gasteiger partial charge in [0.25, 0.3) is 0 Å². The van der Waals surface area contributed by atoms with Crippen molar-refractivity contribution < 1.29 is 18.6 Å². The van der Waals surface area contributed by atoms with E-state index in [1.165, 1.54) is 18.7 Å². The summed E-state index contributed by atoms with van der Waals surface area (Å²) in [5, 5.41) is 6.73. The van der Waals surface area contributed by atoms with Crippen molar-refractivity contribution >= 4 is 29.9 Å². The van der Waals surface area contributed by atoms with Crippen LogP contribution in [-0.2, 0) is 11.3 Å². The first kappa shape index (κ1) is 27.1. The summed E-state index contributed by atoms with van der Waals surface area (Å²) >= 11 is 0. The third kappa shape index (κ3) is 8.01. The molecular formula is C24H34FIN4O3. The SMILES string of the molecule is CCNC(=NCc1ccc(OC)c(F)c1)NCC(c1ccc(OC)cc1)N1CCOCC1.I. The van der Waals surface area contributed by atoms with Gasteiger partial charge in [0.15, 0.2) is 17.5 Å². The highest BCUT2D eigenvalue weighted by Crippen LogP contribution is 2.24. The fourth-order valence-electron chi connectivity index (χ4n) is 3.69. The molecule has 1 aliphatic rings. The van der Waals surface area contributed by atoms with E-state index in [-0.39, 0.29) is 41.6 Å². The largest absolute Gasteiger partial charge is 0.497 e. The highest BCUT2D eigenvalue weighted by atomic mass is 127. The number of hydrogen-bond donors (Lipinski definition) is 2. The van der Waals surface area contributed by atoms with Crippen LogP contribution in [0.3, 0.4) is 0 Å². The van der Waals surface area contributed by atoms with Crippen molar-refractivity contribution in [2.75, 3.05) is 53.6 Å². The first-order valence-corrected chi connectivity index (χ1v) is 10.9. The molecule has 1 saturated heterocycles. The minimum Gasteiger partial charge on any atom is -0.497 e. The number of halogens is 2. The van der Waals surface area contributed by atoms with Crippen molar-refractivity contribution in [2.24, 2.45) is 4.99 Å². The Morgan fingerprint density at radius 1 is 1.09 bits per heavy atom. The van der Waals surface area contributed by atoms with Crippen molar-refractivity contribution in [3.8, 4) is 11.5 Å². The monoisotopic (exact) mass is 572 g/mol. The molecule has 3 rings (SSSR count). The van der Waals surface area contributed by atoms with Crippen LogP contribution in [-0.4, -0.2) is 64.5 Å². The Bertz CT molecular complexity index is 877. The van der Waals surface area contributed by atoms with Crippen LogP contribution in [0.15, 0.2) is 47.5 Å². The van der Waals surface area contributed by atoms with Crippen LogP contribution in [0.1, 0.15) is 24.1 Å². The zero-order valence-electron chi connectivity index (χ0n) is 19.5. The molecule has 0 spiro atoms. The Morgan fingerprint density at radius 2 is 1.82 bits per heavy atom. The minimum absolute atomic E-state index is 0. The lowest BCUT2D eigenvalue weighted by Gasteiger charge is -2.35. The lowest BCUT2D eigenvalue weighted by molar-refractivity contribution is 0.0170. The van der Waals surface area contributed by atoms with Crippen LogP contribution in [0, 0.1) is 5.82 Å². The zero-order chi connectivity index (χ0) is 22.8. The molecule has 2 N–H and O–H groups in total. The Morgan fingerprint density at radius 3 is 2.42 bits per heavy atom. The Hall–Kier alpha value is -2.11. The van der Waals surface area contributed by atoms with Gasteiger partial charge in [0.05, 0.1) is 40.0 Å². The summed E-state index contributed by atoms with van der Waals surface area (Å²) in [7, 11) is 3.13. The van der Waals surface area contributed by atoms with E-state index < -0.39 is 0 Å². The maximum absolute atomic E-state index is 14.0. The van der Waals surface area contributed by atoms with Crippen LogP contribution in [0.4, 0.5) is 4.39 Å². The molecule has 2 aromatic carbocycles. The van der Waals surface area contributed by atoms with Crippen molar-refractivity contribution in [1.29, 1.82) is 0 Å². The standard InChI is InChI=1S/C24H33FN4O3.HI/c1-4-26-24(27-16-18-5-10-23(31-3)21(25)15-18)28-17-22(29-11-13-32-14-12-29)19-6-8-20(30-2)9-7-19;/h5-10,15,22H,4,11-14,16-17H2,1-3H3,(H2,26,27,28);1H. The number of nitrogens with zero attached hydrogens (tertiary/aromatic N) is 2. The van der Waals surface area contributed by atoms with Crippen LogP contribution >= 0.6 is 24.0 Å². The van der Waals surface area contributed by atoms with Gasteiger partial charge in [-0.3, -0.25) is 4.90 Å². The summed E-state index contributed by atoms with van der Waals surface area (Å²) in [5.41, 5.74) is 1.98. The molecule has 0 bridgehead atoms. The molecule has 0 aromatic heterocycles.